The largest absolute Gasteiger partial charge is 0.466 e. The molecule has 0 spiro atoms. The van der Waals surface area contributed by atoms with Crippen LogP contribution < -0.4 is 0 Å². The zero-order valence-corrected chi connectivity index (χ0v) is 10.1. The second-order valence-electron chi connectivity index (χ2n) is 3.51. The molecule has 94 valence electrons. The average molecular weight is 239 g/mol. The molecule has 0 rings (SSSR count). The van der Waals surface area contributed by atoms with Gasteiger partial charge in [0.2, 0.25) is 0 Å². The lowest BCUT2D eigenvalue weighted by molar-refractivity contribution is -0.148. The summed E-state index contributed by atoms with van der Waals surface area (Å²) in [6.45, 7) is 7.08. The Kier molecular flexibility index (Phi) is 7.44. The molecule has 0 aromatic rings. The highest BCUT2D eigenvalue weighted by Crippen LogP contribution is 2.17. The van der Waals surface area contributed by atoms with Crippen molar-refractivity contribution >= 4 is 11.9 Å². The topological polar surface area (TPSA) is 76.4 Å². The van der Waals surface area contributed by atoms with Crippen LogP contribution in [0.1, 0.15) is 20.3 Å². The fraction of sp³-hybridized carbons (Fsp3) is 0.583. The summed E-state index contributed by atoms with van der Waals surface area (Å²) >= 11 is 0. The molecule has 0 fully saturated rings. The smallest absolute Gasteiger partial charge is 0.323 e. The monoisotopic (exact) mass is 239 g/mol. The lowest BCUT2D eigenvalue weighted by Crippen LogP contribution is -2.25. The summed E-state index contributed by atoms with van der Waals surface area (Å²) < 4.78 is 9.53. The molecule has 5 heteroatoms. The van der Waals surface area contributed by atoms with Gasteiger partial charge in [0, 0.05) is 6.42 Å². The van der Waals surface area contributed by atoms with Gasteiger partial charge in [-0.05, 0) is 12.8 Å². The molecule has 0 aliphatic rings. The van der Waals surface area contributed by atoms with Gasteiger partial charge in [0.1, 0.15) is 12.5 Å². The predicted octanol–water partition coefficient (Wildman–Crippen LogP) is 1.44. The molecule has 0 aliphatic heterocycles. The van der Waals surface area contributed by atoms with Crippen molar-refractivity contribution in [2.75, 3.05) is 13.2 Å². The zero-order chi connectivity index (χ0) is 13.3. The third-order valence-corrected chi connectivity index (χ3v) is 2.10. The maximum absolute atomic E-state index is 11.5. The van der Waals surface area contributed by atoms with E-state index in [-0.39, 0.29) is 19.6 Å². The summed E-state index contributed by atoms with van der Waals surface area (Å²) in [5.41, 5.74) is 0. The number of esters is 2. The fourth-order valence-corrected chi connectivity index (χ4v) is 1.24. The Hall–Kier alpha value is -1.83. The minimum atomic E-state index is -0.959. The molecule has 0 bridgehead atoms. The molecule has 0 amide bonds. The van der Waals surface area contributed by atoms with E-state index >= 15 is 0 Å². The summed E-state index contributed by atoms with van der Waals surface area (Å²) in [5.74, 6) is -2.45. The van der Waals surface area contributed by atoms with Gasteiger partial charge in [-0.3, -0.25) is 9.59 Å². The van der Waals surface area contributed by atoms with Gasteiger partial charge in [-0.1, -0.05) is 19.6 Å². The molecule has 0 aromatic carbocycles. The molecule has 0 saturated carbocycles. The number of hydrogen-bond donors (Lipinski definition) is 0. The van der Waals surface area contributed by atoms with Gasteiger partial charge in [0.25, 0.3) is 0 Å². The van der Waals surface area contributed by atoms with Crippen molar-refractivity contribution in [3.63, 3.8) is 0 Å². The van der Waals surface area contributed by atoms with Crippen LogP contribution in [0.4, 0.5) is 0 Å². The molecule has 0 radical (unpaired) electrons. The van der Waals surface area contributed by atoms with Crippen LogP contribution in [0.5, 0.6) is 0 Å². The summed E-state index contributed by atoms with van der Waals surface area (Å²) in [5, 5.41) is 8.88. The van der Waals surface area contributed by atoms with Crippen LogP contribution in [-0.4, -0.2) is 25.2 Å². The van der Waals surface area contributed by atoms with E-state index in [1.54, 1.807) is 13.8 Å². The third kappa shape index (κ3) is 5.71. The van der Waals surface area contributed by atoms with Gasteiger partial charge >= 0.3 is 11.9 Å². The maximum Gasteiger partial charge on any atom is 0.323 e. The van der Waals surface area contributed by atoms with Crippen molar-refractivity contribution in [3.8, 4) is 6.07 Å². The lowest BCUT2D eigenvalue weighted by atomic mass is 9.92. The minimum Gasteiger partial charge on any atom is -0.466 e. The summed E-state index contributed by atoms with van der Waals surface area (Å²) in [6, 6.07) is 1.84. The van der Waals surface area contributed by atoms with Crippen molar-refractivity contribution in [2.45, 2.75) is 20.3 Å². The molecule has 2 atom stereocenters. The first-order valence-corrected chi connectivity index (χ1v) is 5.39. The second kappa shape index (κ2) is 8.34. The van der Waals surface area contributed by atoms with Crippen LogP contribution in [0.25, 0.3) is 0 Å². The van der Waals surface area contributed by atoms with Crippen molar-refractivity contribution in [2.24, 2.45) is 11.8 Å². The highest BCUT2D eigenvalue weighted by Gasteiger charge is 2.28. The Morgan fingerprint density at radius 2 is 2.12 bits per heavy atom. The quantitative estimate of drug-likeness (QED) is 0.496. The van der Waals surface area contributed by atoms with Crippen molar-refractivity contribution in [1.29, 1.82) is 5.26 Å². The van der Waals surface area contributed by atoms with Crippen molar-refractivity contribution in [3.05, 3.63) is 12.7 Å². The minimum absolute atomic E-state index is 0.0231. The van der Waals surface area contributed by atoms with Gasteiger partial charge in [0.05, 0.1) is 12.7 Å². The van der Waals surface area contributed by atoms with Gasteiger partial charge in [-0.15, -0.1) is 0 Å². The number of nitrogens with zero attached hydrogens (tertiary/aromatic N) is 1. The van der Waals surface area contributed by atoms with Gasteiger partial charge in [-0.2, -0.15) is 5.26 Å². The Bertz CT molecular complexity index is 319. The summed E-state index contributed by atoms with van der Waals surface area (Å²) in [4.78, 5) is 22.7. The molecular weight excluding hydrogens is 222 g/mol. The van der Waals surface area contributed by atoms with E-state index < -0.39 is 23.8 Å². The first-order chi connectivity index (χ1) is 8.06. The molecule has 17 heavy (non-hydrogen) atoms. The van der Waals surface area contributed by atoms with E-state index in [1.807, 2.05) is 6.07 Å². The highest BCUT2D eigenvalue weighted by molar-refractivity contribution is 5.77. The number of hydrogen-bond acceptors (Lipinski definition) is 5. The van der Waals surface area contributed by atoms with Crippen LogP contribution in [0.2, 0.25) is 0 Å². The highest BCUT2D eigenvalue weighted by atomic mass is 16.5. The molecule has 5 nitrogen and oxygen atoms in total. The van der Waals surface area contributed by atoms with E-state index in [9.17, 15) is 9.59 Å². The molecule has 0 unspecified atom stereocenters. The van der Waals surface area contributed by atoms with E-state index in [0.29, 0.717) is 0 Å². The summed E-state index contributed by atoms with van der Waals surface area (Å²) in [6.07, 6.45) is 1.44. The van der Waals surface area contributed by atoms with Crippen molar-refractivity contribution < 1.29 is 19.1 Å². The normalized spacial score (nSPS) is 13.0. The molecular formula is C12H17NO4. The van der Waals surface area contributed by atoms with E-state index in [2.05, 4.69) is 6.58 Å². The Morgan fingerprint density at radius 1 is 1.47 bits per heavy atom. The van der Waals surface area contributed by atoms with E-state index in [4.69, 9.17) is 14.7 Å². The standard InChI is InChI=1S/C12H17NO4/c1-4-6-17-12(15)10(8-13)9(3)7-11(14)16-5-2/h4,9-10H,1,5-7H2,2-3H3/t9-,10+/m1/s1. The molecule has 0 N–H and O–H groups in total. The predicted molar refractivity (Wildman–Crippen MR) is 60.7 cm³/mol. The van der Waals surface area contributed by atoms with Crippen LogP contribution in [-0.2, 0) is 19.1 Å². The van der Waals surface area contributed by atoms with E-state index in [1.165, 1.54) is 6.08 Å². The number of carbonyl (C=O) groups is 2. The Balaban J connectivity index is 4.35. The SMILES string of the molecule is C=CCOC(=O)[C@@H](C#N)[C@H](C)CC(=O)OCC. The lowest BCUT2D eigenvalue weighted by Gasteiger charge is -2.15. The van der Waals surface area contributed by atoms with Crippen molar-refractivity contribution in [1.82, 2.24) is 0 Å². The number of ether oxygens (including phenoxy) is 2. The first-order valence-electron chi connectivity index (χ1n) is 5.39. The number of rotatable bonds is 7. The third-order valence-electron chi connectivity index (χ3n) is 2.10. The Labute approximate surface area is 101 Å². The van der Waals surface area contributed by atoms with Gasteiger partial charge in [0.15, 0.2) is 0 Å². The van der Waals surface area contributed by atoms with Gasteiger partial charge in [-0.25, -0.2) is 0 Å². The zero-order valence-electron chi connectivity index (χ0n) is 10.1. The average Bonchev–Trinajstić information content (AvgIpc) is 2.27. The van der Waals surface area contributed by atoms with Crippen LogP contribution in [0, 0.1) is 23.2 Å². The summed E-state index contributed by atoms with van der Waals surface area (Å²) in [7, 11) is 0. The Morgan fingerprint density at radius 3 is 2.59 bits per heavy atom. The molecule has 0 aromatic heterocycles. The molecule has 0 saturated heterocycles. The molecule has 0 heterocycles. The van der Waals surface area contributed by atoms with Crippen LogP contribution >= 0.6 is 0 Å². The first kappa shape index (κ1) is 15.2. The second-order valence-corrected chi connectivity index (χ2v) is 3.51. The van der Waals surface area contributed by atoms with Crippen LogP contribution in [0.15, 0.2) is 12.7 Å². The van der Waals surface area contributed by atoms with Crippen LogP contribution in [0.3, 0.4) is 0 Å². The number of nitriles is 1. The van der Waals surface area contributed by atoms with E-state index in [0.717, 1.165) is 0 Å². The fourth-order valence-electron chi connectivity index (χ4n) is 1.24. The maximum atomic E-state index is 11.5. The van der Waals surface area contributed by atoms with Gasteiger partial charge < -0.3 is 9.47 Å². The number of carbonyl (C=O) groups excluding carboxylic acids is 2. The molecule has 0 aliphatic carbocycles.